The maximum absolute atomic E-state index is 10.5. The minimum absolute atomic E-state index is 0.413. The first-order valence-corrected chi connectivity index (χ1v) is 9.44. The summed E-state index contributed by atoms with van der Waals surface area (Å²) in [6.07, 6.45) is 2.90. The van der Waals surface area contributed by atoms with Crippen molar-refractivity contribution in [2.75, 3.05) is 32.5 Å². The Morgan fingerprint density at radius 3 is 2.46 bits per heavy atom. The van der Waals surface area contributed by atoms with E-state index in [9.17, 15) is 5.11 Å². The molecule has 4 heteroatoms. The van der Waals surface area contributed by atoms with Crippen LogP contribution in [0.25, 0.3) is 0 Å². The number of nitrogen functional groups attached to an aromatic ring is 1. The molecule has 1 unspecified atom stereocenters. The molecule has 2 aromatic carbocycles. The van der Waals surface area contributed by atoms with Crippen molar-refractivity contribution in [1.29, 1.82) is 0 Å². The van der Waals surface area contributed by atoms with E-state index in [0.29, 0.717) is 12.5 Å². The van der Waals surface area contributed by atoms with E-state index in [4.69, 9.17) is 10.5 Å². The summed E-state index contributed by atoms with van der Waals surface area (Å²) in [6, 6.07) is 14.1. The zero-order valence-corrected chi connectivity index (χ0v) is 15.8. The van der Waals surface area contributed by atoms with Gasteiger partial charge in [-0.05, 0) is 62.4 Å². The molecule has 2 aromatic rings. The Bertz CT molecular complexity index is 707. The van der Waals surface area contributed by atoms with Gasteiger partial charge in [0.25, 0.3) is 0 Å². The van der Waals surface area contributed by atoms with Crippen molar-refractivity contribution in [3.8, 4) is 5.75 Å². The van der Waals surface area contributed by atoms with Gasteiger partial charge in [0.15, 0.2) is 0 Å². The number of benzene rings is 2. The smallest absolute Gasteiger partial charge is 0.120 e. The van der Waals surface area contributed by atoms with Crippen LogP contribution in [0.2, 0.25) is 0 Å². The first kappa shape index (κ1) is 18.7. The summed E-state index contributed by atoms with van der Waals surface area (Å²) < 4.78 is 5.22. The summed E-state index contributed by atoms with van der Waals surface area (Å²) in [5.41, 5.74) is 10.4. The maximum Gasteiger partial charge on any atom is 0.120 e. The topological polar surface area (TPSA) is 58.7 Å². The molecule has 140 valence electrons. The number of hydrogen-bond acceptors (Lipinski definition) is 4. The number of likely N-dealkylation sites (tertiary alicyclic amines) is 1. The highest BCUT2D eigenvalue weighted by molar-refractivity contribution is 5.51. The number of aliphatic hydroxyl groups excluding tert-OH is 1. The monoisotopic (exact) mass is 354 g/mol. The minimum Gasteiger partial charge on any atom is -0.497 e. The van der Waals surface area contributed by atoms with Crippen molar-refractivity contribution in [2.24, 2.45) is 5.92 Å². The highest BCUT2D eigenvalue weighted by Crippen LogP contribution is 2.27. The van der Waals surface area contributed by atoms with E-state index in [1.165, 1.54) is 11.1 Å². The van der Waals surface area contributed by atoms with Gasteiger partial charge in [-0.25, -0.2) is 0 Å². The molecule has 26 heavy (non-hydrogen) atoms. The van der Waals surface area contributed by atoms with Crippen LogP contribution in [0.5, 0.6) is 5.75 Å². The van der Waals surface area contributed by atoms with Gasteiger partial charge in [-0.1, -0.05) is 35.9 Å². The SMILES string of the molecule is COc1ccc(CC2CCN(CC(O)c3ccc(C)cc3)CC2)c(N)c1. The average Bonchev–Trinajstić information content (AvgIpc) is 2.65. The van der Waals surface area contributed by atoms with Crippen molar-refractivity contribution in [1.82, 2.24) is 4.90 Å². The molecule has 1 atom stereocenters. The molecule has 0 aliphatic carbocycles. The van der Waals surface area contributed by atoms with Crippen LogP contribution in [0.1, 0.15) is 35.6 Å². The van der Waals surface area contributed by atoms with E-state index in [1.54, 1.807) is 7.11 Å². The molecule has 0 aromatic heterocycles. The second-order valence-electron chi connectivity index (χ2n) is 7.44. The second kappa shape index (κ2) is 8.56. The normalized spacial score (nSPS) is 17.2. The lowest BCUT2D eigenvalue weighted by atomic mass is 9.89. The van der Waals surface area contributed by atoms with Crippen molar-refractivity contribution in [2.45, 2.75) is 32.3 Å². The first-order chi connectivity index (χ1) is 12.5. The van der Waals surface area contributed by atoms with Gasteiger partial charge in [-0.2, -0.15) is 0 Å². The number of nitrogens with zero attached hydrogens (tertiary/aromatic N) is 1. The maximum atomic E-state index is 10.5. The zero-order chi connectivity index (χ0) is 18.5. The van der Waals surface area contributed by atoms with E-state index in [0.717, 1.165) is 49.4 Å². The molecule has 1 aliphatic rings. The van der Waals surface area contributed by atoms with E-state index in [2.05, 4.69) is 30.0 Å². The third kappa shape index (κ3) is 4.77. The van der Waals surface area contributed by atoms with Gasteiger partial charge in [-0.3, -0.25) is 0 Å². The number of ether oxygens (including phenoxy) is 1. The fraction of sp³-hybridized carbons (Fsp3) is 0.455. The number of anilines is 1. The molecule has 1 fully saturated rings. The van der Waals surface area contributed by atoms with Crippen LogP contribution in [0.4, 0.5) is 5.69 Å². The third-order valence-electron chi connectivity index (χ3n) is 5.46. The fourth-order valence-corrected chi connectivity index (χ4v) is 3.71. The summed E-state index contributed by atoms with van der Waals surface area (Å²) in [5, 5.41) is 10.5. The number of nitrogens with two attached hydrogens (primary N) is 1. The summed E-state index contributed by atoms with van der Waals surface area (Å²) in [6.45, 7) is 4.84. The van der Waals surface area contributed by atoms with Gasteiger partial charge in [0, 0.05) is 18.3 Å². The lowest BCUT2D eigenvalue weighted by Gasteiger charge is -2.33. The molecule has 0 radical (unpaired) electrons. The number of hydrogen-bond donors (Lipinski definition) is 2. The van der Waals surface area contributed by atoms with E-state index in [-0.39, 0.29) is 0 Å². The number of β-amino-alcohol motifs (C(OH)–C–C–N with tert-alkyl or cyclic N) is 1. The van der Waals surface area contributed by atoms with Crippen LogP contribution in [0.15, 0.2) is 42.5 Å². The van der Waals surface area contributed by atoms with Gasteiger partial charge >= 0.3 is 0 Å². The summed E-state index contributed by atoms with van der Waals surface area (Å²) in [7, 11) is 1.66. The Morgan fingerprint density at radius 1 is 1.15 bits per heavy atom. The van der Waals surface area contributed by atoms with Gasteiger partial charge in [0.1, 0.15) is 5.75 Å². The molecular formula is C22H30N2O2. The molecule has 0 amide bonds. The molecule has 0 bridgehead atoms. The second-order valence-corrected chi connectivity index (χ2v) is 7.44. The Hall–Kier alpha value is -2.04. The van der Waals surface area contributed by atoms with Gasteiger partial charge in [-0.15, -0.1) is 0 Å². The summed E-state index contributed by atoms with van der Waals surface area (Å²) in [4.78, 5) is 2.37. The molecule has 0 saturated carbocycles. The Labute approximate surface area is 156 Å². The molecule has 3 rings (SSSR count). The van der Waals surface area contributed by atoms with E-state index in [1.807, 2.05) is 24.3 Å². The number of piperidine rings is 1. The van der Waals surface area contributed by atoms with Crippen LogP contribution < -0.4 is 10.5 Å². The Kier molecular flexibility index (Phi) is 6.17. The average molecular weight is 354 g/mol. The summed E-state index contributed by atoms with van der Waals surface area (Å²) >= 11 is 0. The first-order valence-electron chi connectivity index (χ1n) is 9.44. The van der Waals surface area contributed by atoms with Gasteiger partial charge in [0.05, 0.1) is 13.2 Å². The number of rotatable bonds is 6. The van der Waals surface area contributed by atoms with Crippen LogP contribution in [0.3, 0.4) is 0 Å². The molecule has 1 aliphatic heterocycles. The standard InChI is InChI=1S/C22H30N2O2/c1-16-3-5-18(6-4-16)22(25)15-24-11-9-17(10-12-24)13-19-7-8-20(26-2)14-21(19)23/h3-8,14,17,22,25H,9-13,15,23H2,1-2H3. The predicted octanol–water partition coefficient (Wildman–Crippen LogP) is 3.57. The summed E-state index contributed by atoms with van der Waals surface area (Å²) in [5.74, 6) is 1.46. The lowest BCUT2D eigenvalue weighted by Crippen LogP contribution is -2.37. The third-order valence-corrected chi connectivity index (χ3v) is 5.46. The van der Waals surface area contributed by atoms with Crippen molar-refractivity contribution < 1.29 is 9.84 Å². The van der Waals surface area contributed by atoms with Gasteiger partial charge in [0.2, 0.25) is 0 Å². The fourth-order valence-electron chi connectivity index (χ4n) is 3.71. The zero-order valence-electron chi connectivity index (χ0n) is 15.8. The number of aliphatic hydroxyl groups is 1. The predicted molar refractivity (Wildman–Crippen MR) is 106 cm³/mol. The number of methoxy groups -OCH3 is 1. The highest BCUT2D eigenvalue weighted by Gasteiger charge is 2.22. The quantitative estimate of drug-likeness (QED) is 0.779. The highest BCUT2D eigenvalue weighted by atomic mass is 16.5. The van der Waals surface area contributed by atoms with Crippen LogP contribution in [-0.4, -0.2) is 36.8 Å². The molecule has 0 spiro atoms. The lowest BCUT2D eigenvalue weighted by molar-refractivity contribution is 0.0893. The number of aryl methyl sites for hydroxylation is 1. The van der Waals surface area contributed by atoms with Crippen molar-refractivity contribution >= 4 is 5.69 Å². The van der Waals surface area contributed by atoms with Crippen LogP contribution in [-0.2, 0) is 6.42 Å². The minimum atomic E-state index is -0.413. The molecular weight excluding hydrogens is 324 g/mol. The largest absolute Gasteiger partial charge is 0.497 e. The van der Waals surface area contributed by atoms with Gasteiger partial charge < -0.3 is 20.5 Å². The Balaban J connectivity index is 1.49. The Morgan fingerprint density at radius 2 is 1.85 bits per heavy atom. The van der Waals surface area contributed by atoms with E-state index < -0.39 is 6.10 Å². The van der Waals surface area contributed by atoms with Crippen LogP contribution >= 0.6 is 0 Å². The van der Waals surface area contributed by atoms with Crippen molar-refractivity contribution in [3.63, 3.8) is 0 Å². The molecule has 4 nitrogen and oxygen atoms in total. The molecule has 3 N–H and O–H groups in total. The molecule has 1 heterocycles. The van der Waals surface area contributed by atoms with E-state index >= 15 is 0 Å². The van der Waals surface area contributed by atoms with Crippen LogP contribution in [0, 0.1) is 12.8 Å². The molecule has 1 saturated heterocycles. The van der Waals surface area contributed by atoms with Crippen molar-refractivity contribution in [3.05, 3.63) is 59.2 Å².